The van der Waals surface area contributed by atoms with Gasteiger partial charge in [0.05, 0.1) is 11.3 Å². The van der Waals surface area contributed by atoms with Gasteiger partial charge in [-0.05, 0) is 39.7 Å². The van der Waals surface area contributed by atoms with Gasteiger partial charge in [-0.2, -0.15) is 5.26 Å². The number of halogens is 1. The Balaban J connectivity index is 2.11. The molecule has 1 aromatic carbocycles. The fraction of sp³-hybridized carbons (Fsp3) is 0.0714. The number of carbonyl (C=O) groups is 1. The van der Waals surface area contributed by atoms with Crippen molar-refractivity contribution in [3.8, 4) is 6.07 Å². The molecule has 1 aromatic heterocycles. The Bertz CT molecular complexity index is 678. The maximum absolute atomic E-state index is 10.7. The quantitative estimate of drug-likeness (QED) is 0.899. The predicted octanol–water partition coefficient (Wildman–Crippen LogP) is 3.03. The van der Waals surface area contributed by atoms with Crippen LogP contribution in [0, 0.1) is 11.3 Å². The summed E-state index contributed by atoms with van der Waals surface area (Å²) in [4.78, 5) is 14.5. The Morgan fingerprint density at radius 1 is 1.40 bits per heavy atom. The second-order valence-electron chi connectivity index (χ2n) is 3.98. The number of nitrogens with zero attached hydrogens (tertiary/aromatic N) is 2. The van der Waals surface area contributed by atoms with Gasteiger partial charge in [0.1, 0.15) is 11.8 Å². The fourth-order valence-electron chi connectivity index (χ4n) is 1.64. The number of anilines is 1. The van der Waals surface area contributed by atoms with Crippen molar-refractivity contribution in [2.24, 2.45) is 0 Å². The average molecular weight is 332 g/mol. The van der Waals surface area contributed by atoms with Crippen molar-refractivity contribution < 1.29 is 9.90 Å². The van der Waals surface area contributed by atoms with Gasteiger partial charge in [-0.1, -0.05) is 12.1 Å². The number of aromatic carboxylic acids is 1. The van der Waals surface area contributed by atoms with E-state index >= 15 is 0 Å². The van der Waals surface area contributed by atoms with Crippen LogP contribution in [-0.2, 0) is 6.54 Å². The molecule has 0 aliphatic rings. The van der Waals surface area contributed by atoms with Gasteiger partial charge in [0, 0.05) is 17.2 Å². The summed E-state index contributed by atoms with van der Waals surface area (Å²) in [6.07, 6.45) is 1.50. The number of nitriles is 1. The highest BCUT2D eigenvalue weighted by molar-refractivity contribution is 9.10. The van der Waals surface area contributed by atoms with Gasteiger partial charge in [0.25, 0.3) is 0 Å². The van der Waals surface area contributed by atoms with Crippen LogP contribution in [0.1, 0.15) is 21.6 Å². The van der Waals surface area contributed by atoms with Crippen molar-refractivity contribution in [2.75, 3.05) is 5.32 Å². The molecule has 0 atom stereocenters. The lowest BCUT2D eigenvalue weighted by atomic mass is 10.2. The monoisotopic (exact) mass is 331 g/mol. The Labute approximate surface area is 124 Å². The number of benzene rings is 1. The molecule has 0 aliphatic heterocycles. The highest BCUT2D eigenvalue weighted by Gasteiger charge is 2.06. The molecule has 0 saturated heterocycles. The molecule has 0 fully saturated rings. The van der Waals surface area contributed by atoms with Gasteiger partial charge in [0.2, 0.25) is 0 Å². The fourth-order valence-corrected chi connectivity index (χ4v) is 2.09. The highest BCUT2D eigenvalue weighted by atomic mass is 79.9. The zero-order valence-corrected chi connectivity index (χ0v) is 11.9. The van der Waals surface area contributed by atoms with Crippen molar-refractivity contribution in [3.63, 3.8) is 0 Å². The molecule has 5 nitrogen and oxygen atoms in total. The van der Waals surface area contributed by atoms with Gasteiger partial charge < -0.3 is 10.4 Å². The third kappa shape index (κ3) is 3.13. The topological polar surface area (TPSA) is 86.0 Å². The maximum atomic E-state index is 10.7. The molecule has 2 aromatic rings. The van der Waals surface area contributed by atoms with Gasteiger partial charge in [-0.25, -0.2) is 9.78 Å². The molecule has 0 amide bonds. The van der Waals surface area contributed by atoms with E-state index in [0.29, 0.717) is 17.8 Å². The molecule has 2 rings (SSSR count). The molecular formula is C14H10BrN3O2. The lowest BCUT2D eigenvalue weighted by Gasteiger charge is -2.09. The second-order valence-corrected chi connectivity index (χ2v) is 4.84. The zero-order chi connectivity index (χ0) is 14.5. The molecule has 1 heterocycles. The van der Waals surface area contributed by atoms with Crippen LogP contribution in [0.4, 0.5) is 5.69 Å². The number of aromatic nitrogens is 1. The van der Waals surface area contributed by atoms with Gasteiger partial charge in [-0.15, -0.1) is 0 Å². The molecule has 0 unspecified atom stereocenters. The largest absolute Gasteiger partial charge is 0.477 e. The Kier molecular flexibility index (Phi) is 4.33. The number of nitrogens with one attached hydrogen (secondary N) is 1. The zero-order valence-electron chi connectivity index (χ0n) is 10.3. The summed E-state index contributed by atoms with van der Waals surface area (Å²) >= 11 is 3.32. The first kappa shape index (κ1) is 14.0. The van der Waals surface area contributed by atoms with Crippen molar-refractivity contribution in [3.05, 3.63) is 57.8 Å². The minimum atomic E-state index is -1.05. The number of hydrogen-bond donors (Lipinski definition) is 2. The summed E-state index contributed by atoms with van der Waals surface area (Å²) in [6, 6.07) is 10.7. The summed E-state index contributed by atoms with van der Waals surface area (Å²) in [5.41, 5.74) is 2.08. The van der Waals surface area contributed by atoms with E-state index in [9.17, 15) is 4.79 Å². The summed E-state index contributed by atoms with van der Waals surface area (Å²) in [5, 5.41) is 21.0. The highest BCUT2D eigenvalue weighted by Crippen LogP contribution is 2.24. The molecule has 100 valence electrons. The van der Waals surface area contributed by atoms with E-state index in [4.69, 9.17) is 10.4 Å². The van der Waals surface area contributed by atoms with Gasteiger partial charge >= 0.3 is 5.97 Å². The third-order valence-electron chi connectivity index (χ3n) is 2.65. The Morgan fingerprint density at radius 2 is 2.20 bits per heavy atom. The smallest absolute Gasteiger partial charge is 0.354 e. The molecule has 2 N–H and O–H groups in total. The van der Waals surface area contributed by atoms with Crippen molar-refractivity contribution >= 4 is 27.6 Å². The standard InChI is InChI=1S/C14H10BrN3O2/c15-11-2-1-3-12(10(11)6-16)17-7-9-4-5-13(14(19)20)18-8-9/h1-5,8,17H,7H2,(H,19,20). The average Bonchev–Trinajstić information content (AvgIpc) is 2.45. The van der Waals surface area contributed by atoms with E-state index < -0.39 is 5.97 Å². The van der Waals surface area contributed by atoms with E-state index in [1.165, 1.54) is 12.3 Å². The Morgan fingerprint density at radius 3 is 2.80 bits per heavy atom. The predicted molar refractivity (Wildman–Crippen MR) is 77.4 cm³/mol. The van der Waals surface area contributed by atoms with Crippen molar-refractivity contribution in [1.29, 1.82) is 5.26 Å². The van der Waals surface area contributed by atoms with Crippen molar-refractivity contribution in [1.82, 2.24) is 4.98 Å². The van der Waals surface area contributed by atoms with E-state index in [1.807, 2.05) is 12.1 Å². The van der Waals surface area contributed by atoms with Crippen LogP contribution in [0.3, 0.4) is 0 Å². The summed E-state index contributed by atoms with van der Waals surface area (Å²) < 4.78 is 0.726. The van der Waals surface area contributed by atoms with Crippen LogP contribution in [0.5, 0.6) is 0 Å². The maximum Gasteiger partial charge on any atom is 0.354 e. The van der Waals surface area contributed by atoms with Crippen molar-refractivity contribution in [2.45, 2.75) is 6.54 Å². The molecule has 0 radical (unpaired) electrons. The Hall–Kier alpha value is -2.39. The lowest BCUT2D eigenvalue weighted by Crippen LogP contribution is -2.04. The van der Waals surface area contributed by atoms with Crippen LogP contribution in [0.15, 0.2) is 41.0 Å². The number of hydrogen-bond acceptors (Lipinski definition) is 4. The minimum Gasteiger partial charge on any atom is -0.477 e. The number of carboxylic acids is 1. The summed E-state index contributed by atoms with van der Waals surface area (Å²) in [6.45, 7) is 0.456. The summed E-state index contributed by atoms with van der Waals surface area (Å²) in [5.74, 6) is -1.05. The second kappa shape index (κ2) is 6.17. The molecule has 0 spiro atoms. The van der Waals surface area contributed by atoms with E-state index in [1.54, 1.807) is 12.1 Å². The van der Waals surface area contributed by atoms with Crippen LogP contribution in [-0.4, -0.2) is 16.1 Å². The summed E-state index contributed by atoms with van der Waals surface area (Å²) in [7, 11) is 0. The minimum absolute atomic E-state index is 0.00826. The molecule has 0 aliphatic carbocycles. The van der Waals surface area contributed by atoms with Gasteiger partial charge in [-0.3, -0.25) is 0 Å². The molecular weight excluding hydrogens is 322 g/mol. The lowest BCUT2D eigenvalue weighted by molar-refractivity contribution is 0.0690. The van der Waals surface area contributed by atoms with E-state index in [2.05, 4.69) is 32.3 Å². The van der Waals surface area contributed by atoms with E-state index in [0.717, 1.165) is 10.0 Å². The van der Waals surface area contributed by atoms with Crippen LogP contribution in [0.25, 0.3) is 0 Å². The molecule has 0 bridgehead atoms. The number of rotatable bonds is 4. The SMILES string of the molecule is N#Cc1c(Br)cccc1NCc1ccc(C(=O)O)nc1. The molecule has 6 heteroatoms. The first-order valence-electron chi connectivity index (χ1n) is 5.72. The first-order chi connectivity index (χ1) is 9.61. The number of carboxylic acid groups (broad SMARTS) is 1. The normalized spacial score (nSPS) is 9.80. The first-order valence-corrected chi connectivity index (χ1v) is 6.52. The van der Waals surface area contributed by atoms with Gasteiger partial charge in [0.15, 0.2) is 0 Å². The third-order valence-corrected chi connectivity index (χ3v) is 3.31. The number of pyridine rings is 1. The molecule has 20 heavy (non-hydrogen) atoms. The molecule has 0 saturated carbocycles. The van der Waals surface area contributed by atoms with Crippen LogP contribution >= 0.6 is 15.9 Å². The van der Waals surface area contributed by atoms with Crippen LogP contribution < -0.4 is 5.32 Å². The van der Waals surface area contributed by atoms with E-state index in [-0.39, 0.29) is 5.69 Å². The van der Waals surface area contributed by atoms with Crippen LogP contribution in [0.2, 0.25) is 0 Å².